The van der Waals surface area contributed by atoms with Crippen LogP contribution in [-0.2, 0) is 9.78 Å². The number of hydrogen-bond acceptors (Lipinski definition) is 4. The topological polar surface area (TPSA) is 44.8 Å². The highest BCUT2D eigenvalue weighted by Gasteiger charge is 2.23. The van der Waals surface area contributed by atoms with Crippen LogP contribution in [0.1, 0.15) is 62.2 Å². The van der Waals surface area contributed by atoms with Crippen molar-refractivity contribution in [1.29, 1.82) is 0 Å². The highest BCUT2D eigenvalue weighted by atomic mass is 17.2. The first-order valence-electron chi connectivity index (χ1n) is 8.24. The van der Waals surface area contributed by atoms with E-state index in [0.29, 0.717) is 11.3 Å². The lowest BCUT2D eigenvalue weighted by Crippen LogP contribution is -2.23. The van der Waals surface area contributed by atoms with Gasteiger partial charge in [-0.05, 0) is 55.9 Å². The van der Waals surface area contributed by atoms with E-state index in [2.05, 4.69) is 6.92 Å². The number of methoxy groups -OCH3 is 1. The molecular formula is C18H26O4. The summed E-state index contributed by atoms with van der Waals surface area (Å²) in [4.78, 5) is 22.2. The first-order valence-corrected chi connectivity index (χ1v) is 8.24. The van der Waals surface area contributed by atoms with Gasteiger partial charge in [0.25, 0.3) is 0 Å². The molecular weight excluding hydrogens is 280 g/mol. The minimum atomic E-state index is -0.448. The maximum Gasteiger partial charge on any atom is 0.373 e. The molecule has 0 bridgehead atoms. The number of benzene rings is 1. The summed E-state index contributed by atoms with van der Waals surface area (Å²) < 4.78 is 5.06. The Bertz CT molecular complexity index is 447. The van der Waals surface area contributed by atoms with E-state index in [9.17, 15) is 4.79 Å². The highest BCUT2D eigenvalue weighted by molar-refractivity contribution is 5.89. The van der Waals surface area contributed by atoms with Gasteiger partial charge in [0.1, 0.15) is 11.9 Å². The Balaban J connectivity index is 1.70. The van der Waals surface area contributed by atoms with Crippen molar-refractivity contribution < 1.29 is 19.3 Å². The van der Waals surface area contributed by atoms with Crippen molar-refractivity contribution in [3.8, 4) is 5.75 Å². The second kappa shape index (κ2) is 8.79. The largest absolute Gasteiger partial charge is 0.497 e. The van der Waals surface area contributed by atoms with Crippen molar-refractivity contribution in [2.24, 2.45) is 5.92 Å². The predicted molar refractivity (Wildman–Crippen MR) is 84.8 cm³/mol. The van der Waals surface area contributed by atoms with Crippen molar-refractivity contribution in [3.05, 3.63) is 29.8 Å². The second-order valence-corrected chi connectivity index (χ2v) is 5.98. The van der Waals surface area contributed by atoms with Crippen LogP contribution in [0.3, 0.4) is 0 Å². The van der Waals surface area contributed by atoms with E-state index in [1.54, 1.807) is 31.4 Å². The van der Waals surface area contributed by atoms with Crippen molar-refractivity contribution in [2.75, 3.05) is 7.11 Å². The Morgan fingerprint density at radius 2 is 1.82 bits per heavy atom. The number of carbonyl (C=O) groups excluding carboxylic acids is 1. The summed E-state index contributed by atoms with van der Waals surface area (Å²) in [5.74, 6) is 1.08. The summed E-state index contributed by atoms with van der Waals surface area (Å²) in [6.07, 6.45) is 8.22. The van der Waals surface area contributed by atoms with Gasteiger partial charge >= 0.3 is 5.97 Å². The number of hydrogen-bond donors (Lipinski definition) is 0. The molecule has 2 rings (SSSR count). The first kappa shape index (κ1) is 16.8. The third-order valence-electron chi connectivity index (χ3n) is 4.35. The zero-order chi connectivity index (χ0) is 15.8. The van der Waals surface area contributed by atoms with Crippen LogP contribution in [0.5, 0.6) is 5.75 Å². The average molecular weight is 306 g/mol. The lowest BCUT2D eigenvalue weighted by molar-refractivity contribution is -0.280. The standard InChI is InChI=1S/C18H26O4/c1-3-4-5-14-6-10-17(11-7-14)21-22-18(19)15-8-12-16(20-2)13-9-15/h8-9,12-14,17H,3-7,10-11H2,1-2H3. The van der Waals surface area contributed by atoms with E-state index >= 15 is 0 Å². The van der Waals surface area contributed by atoms with E-state index in [-0.39, 0.29) is 6.10 Å². The van der Waals surface area contributed by atoms with Crippen LogP contribution in [0, 0.1) is 5.92 Å². The summed E-state index contributed by atoms with van der Waals surface area (Å²) in [6, 6.07) is 6.81. The van der Waals surface area contributed by atoms with Gasteiger partial charge in [0, 0.05) is 0 Å². The second-order valence-electron chi connectivity index (χ2n) is 5.98. The summed E-state index contributed by atoms with van der Waals surface area (Å²) in [5.41, 5.74) is 0.470. The van der Waals surface area contributed by atoms with Gasteiger partial charge in [-0.3, -0.25) is 4.89 Å². The van der Waals surface area contributed by atoms with E-state index in [1.165, 1.54) is 32.1 Å². The summed E-state index contributed by atoms with van der Waals surface area (Å²) in [6.45, 7) is 2.23. The third kappa shape index (κ3) is 5.02. The Kier molecular flexibility index (Phi) is 6.72. The summed E-state index contributed by atoms with van der Waals surface area (Å²) in [7, 11) is 1.59. The highest BCUT2D eigenvalue weighted by Crippen LogP contribution is 2.30. The van der Waals surface area contributed by atoms with Gasteiger partial charge in [-0.1, -0.05) is 26.2 Å². The third-order valence-corrected chi connectivity index (χ3v) is 4.35. The van der Waals surface area contributed by atoms with Crippen LogP contribution in [0.2, 0.25) is 0 Å². The Hall–Kier alpha value is -1.55. The molecule has 0 aliphatic heterocycles. The molecule has 1 saturated carbocycles. The molecule has 0 radical (unpaired) electrons. The zero-order valence-electron chi connectivity index (χ0n) is 13.5. The van der Waals surface area contributed by atoms with Crippen molar-refractivity contribution >= 4 is 5.97 Å². The molecule has 0 spiro atoms. The van der Waals surface area contributed by atoms with Crippen molar-refractivity contribution in [1.82, 2.24) is 0 Å². The van der Waals surface area contributed by atoms with E-state index < -0.39 is 5.97 Å². The molecule has 1 aromatic carbocycles. The fourth-order valence-corrected chi connectivity index (χ4v) is 2.90. The molecule has 0 atom stereocenters. The van der Waals surface area contributed by atoms with Crippen LogP contribution in [0.15, 0.2) is 24.3 Å². The fourth-order valence-electron chi connectivity index (χ4n) is 2.90. The van der Waals surface area contributed by atoms with Gasteiger partial charge in [0.2, 0.25) is 0 Å². The lowest BCUT2D eigenvalue weighted by atomic mass is 9.84. The maximum atomic E-state index is 11.9. The van der Waals surface area contributed by atoms with E-state index in [1.807, 2.05) is 0 Å². The molecule has 0 saturated heterocycles. The van der Waals surface area contributed by atoms with E-state index in [0.717, 1.165) is 18.8 Å². The number of ether oxygens (including phenoxy) is 1. The van der Waals surface area contributed by atoms with Crippen molar-refractivity contribution in [2.45, 2.75) is 58.0 Å². The fraction of sp³-hybridized carbons (Fsp3) is 0.611. The van der Waals surface area contributed by atoms with Crippen molar-refractivity contribution in [3.63, 3.8) is 0 Å². The van der Waals surface area contributed by atoms with Crippen LogP contribution in [-0.4, -0.2) is 19.2 Å². The van der Waals surface area contributed by atoms with Gasteiger partial charge in [0.05, 0.1) is 12.7 Å². The normalized spacial score (nSPS) is 21.4. The van der Waals surface area contributed by atoms with Gasteiger partial charge in [-0.25, -0.2) is 4.79 Å². The number of carbonyl (C=O) groups is 1. The Morgan fingerprint density at radius 1 is 1.14 bits per heavy atom. The molecule has 0 aromatic heterocycles. The van der Waals surface area contributed by atoms with Crippen LogP contribution in [0.4, 0.5) is 0 Å². The number of unbranched alkanes of at least 4 members (excludes halogenated alkanes) is 1. The molecule has 122 valence electrons. The number of rotatable bonds is 7. The Morgan fingerprint density at radius 3 is 2.41 bits per heavy atom. The van der Waals surface area contributed by atoms with Gasteiger partial charge < -0.3 is 4.74 Å². The average Bonchev–Trinajstić information content (AvgIpc) is 2.58. The minimum absolute atomic E-state index is 0.0417. The quantitative estimate of drug-likeness (QED) is 0.548. The molecule has 1 aliphatic rings. The summed E-state index contributed by atoms with van der Waals surface area (Å²) >= 11 is 0. The van der Waals surface area contributed by atoms with Gasteiger partial charge in [-0.15, -0.1) is 0 Å². The summed E-state index contributed by atoms with van der Waals surface area (Å²) in [5, 5.41) is 0. The SMILES string of the molecule is CCCCC1CCC(OOC(=O)c2ccc(OC)cc2)CC1. The van der Waals surface area contributed by atoms with Gasteiger partial charge in [-0.2, -0.15) is 4.89 Å². The molecule has 1 fully saturated rings. The Labute approximate surface area is 132 Å². The first-order chi connectivity index (χ1) is 10.7. The predicted octanol–water partition coefficient (Wildman–Crippen LogP) is 4.53. The molecule has 4 nitrogen and oxygen atoms in total. The van der Waals surface area contributed by atoms with Crippen LogP contribution < -0.4 is 4.74 Å². The van der Waals surface area contributed by atoms with Crippen LogP contribution >= 0.6 is 0 Å². The smallest absolute Gasteiger partial charge is 0.373 e. The lowest BCUT2D eigenvalue weighted by Gasteiger charge is -2.27. The molecule has 1 aliphatic carbocycles. The maximum absolute atomic E-state index is 11.9. The molecule has 0 heterocycles. The molecule has 0 N–H and O–H groups in total. The molecule has 1 aromatic rings. The molecule has 0 unspecified atom stereocenters. The minimum Gasteiger partial charge on any atom is -0.497 e. The van der Waals surface area contributed by atoms with Crippen LogP contribution in [0.25, 0.3) is 0 Å². The monoisotopic (exact) mass is 306 g/mol. The molecule has 0 amide bonds. The zero-order valence-corrected chi connectivity index (χ0v) is 13.5. The molecule has 22 heavy (non-hydrogen) atoms. The van der Waals surface area contributed by atoms with E-state index in [4.69, 9.17) is 14.5 Å². The molecule has 4 heteroatoms. The van der Waals surface area contributed by atoms with Gasteiger partial charge in [0.15, 0.2) is 0 Å².